The van der Waals surface area contributed by atoms with E-state index in [1.54, 1.807) is 5.20 Å². The van der Waals surface area contributed by atoms with Crippen molar-refractivity contribution in [3.8, 4) is 0 Å². The molecule has 2 aliphatic rings. The highest BCUT2D eigenvalue weighted by molar-refractivity contribution is 6.81. The molecule has 0 spiro atoms. The van der Waals surface area contributed by atoms with E-state index in [0.717, 1.165) is 0 Å². The van der Waals surface area contributed by atoms with Crippen molar-refractivity contribution in [1.82, 2.24) is 4.57 Å². The maximum absolute atomic E-state index is 2.76. The third kappa shape index (κ3) is 1.65. The van der Waals surface area contributed by atoms with Crippen molar-refractivity contribution >= 4 is 8.24 Å². The molecule has 0 atom stereocenters. The summed E-state index contributed by atoms with van der Waals surface area (Å²) in [6.07, 6.45) is 10.9. The molecule has 1 nitrogen and oxygen atoms in total. The van der Waals surface area contributed by atoms with Gasteiger partial charge in [0.05, 0.1) is 0 Å². The highest BCUT2D eigenvalue weighted by Gasteiger charge is 2.34. The maximum Gasteiger partial charge on any atom is 0.150 e. The summed E-state index contributed by atoms with van der Waals surface area (Å²) in [4.78, 5) is 0. The summed E-state index contributed by atoms with van der Waals surface area (Å²) >= 11 is 0. The summed E-state index contributed by atoms with van der Waals surface area (Å²) in [5.41, 5.74) is 0. The van der Waals surface area contributed by atoms with Crippen molar-refractivity contribution in [2.45, 2.75) is 32.4 Å². The van der Waals surface area contributed by atoms with Crippen molar-refractivity contribution in [3.63, 3.8) is 0 Å². The first-order valence-corrected chi connectivity index (χ1v) is 8.27. The molecule has 1 aliphatic heterocycles. The lowest BCUT2D eigenvalue weighted by Gasteiger charge is -2.34. The van der Waals surface area contributed by atoms with E-state index in [1.807, 2.05) is 0 Å². The van der Waals surface area contributed by atoms with Crippen molar-refractivity contribution in [3.05, 3.63) is 23.4 Å². The lowest BCUT2D eigenvalue weighted by molar-refractivity contribution is 0.524. The van der Waals surface area contributed by atoms with Crippen LogP contribution in [0.1, 0.15) is 19.3 Å². The van der Waals surface area contributed by atoms with Gasteiger partial charge in [0, 0.05) is 0 Å². The van der Waals surface area contributed by atoms with Gasteiger partial charge in [0.1, 0.15) is 8.24 Å². The van der Waals surface area contributed by atoms with Gasteiger partial charge in [-0.2, -0.15) is 0 Å². The van der Waals surface area contributed by atoms with Crippen LogP contribution in [-0.2, 0) is 0 Å². The number of nitrogens with zero attached hydrogens (tertiary/aromatic N) is 1. The van der Waals surface area contributed by atoms with Crippen LogP contribution in [0.2, 0.25) is 13.1 Å². The molecule has 0 aromatic carbocycles. The van der Waals surface area contributed by atoms with Gasteiger partial charge in [-0.25, -0.2) is 0 Å². The molecule has 1 fully saturated rings. The molecule has 1 heterocycles. The first-order chi connectivity index (χ1) is 6.21. The summed E-state index contributed by atoms with van der Waals surface area (Å²) in [6.45, 7) is 7.68. The molecular formula is C11H19NSi. The molecule has 2 heteroatoms. The fraction of sp³-hybridized carbons (Fsp3) is 0.636. The second-order valence-corrected chi connectivity index (χ2v) is 8.97. The minimum atomic E-state index is -1.21. The minimum Gasteiger partial charge on any atom is -0.320 e. The number of hydrogen-bond donors (Lipinski definition) is 0. The normalized spacial score (nSPS) is 24.0. The van der Waals surface area contributed by atoms with Crippen LogP contribution in [0.25, 0.3) is 0 Å². The molecule has 0 radical (unpaired) electrons. The summed E-state index contributed by atoms with van der Waals surface area (Å²) in [6, 6.07) is 0. The van der Waals surface area contributed by atoms with Crippen molar-refractivity contribution in [2.24, 2.45) is 0 Å². The predicted molar refractivity (Wildman–Crippen MR) is 60.1 cm³/mol. The third-order valence-electron chi connectivity index (χ3n) is 3.45. The highest BCUT2D eigenvalue weighted by atomic mass is 28.3. The SMILES string of the molecule is C[Si](C)(C1=CC=CC1)N1CCCC1. The lowest BCUT2D eigenvalue weighted by Crippen LogP contribution is -2.48. The highest BCUT2D eigenvalue weighted by Crippen LogP contribution is 2.28. The average molecular weight is 193 g/mol. The summed E-state index contributed by atoms with van der Waals surface area (Å²) in [7, 11) is -1.21. The molecule has 1 saturated heterocycles. The largest absolute Gasteiger partial charge is 0.320 e. The van der Waals surface area contributed by atoms with Crippen LogP contribution in [0, 0.1) is 0 Å². The summed E-state index contributed by atoms with van der Waals surface area (Å²) in [5.74, 6) is 0. The topological polar surface area (TPSA) is 3.24 Å². The number of hydrogen-bond acceptors (Lipinski definition) is 1. The quantitative estimate of drug-likeness (QED) is 0.610. The van der Waals surface area contributed by atoms with E-state index >= 15 is 0 Å². The Balaban J connectivity index is 2.09. The van der Waals surface area contributed by atoms with Crippen LogP contribution in [0.4, 0.5) is 0 Å². The Morgan fingerprint density at radius 1 is 1.23 bits per heavy atom. The Kier molecular flexibility index (Phi) is 2.43. The van der Waals surface area contributed by atoms with Crippen molar-refractivity contribution in [2.75, 3.05) is 13.1 Å². The first kappa shape index (κ1) is 9.22. The Bertz CT molecular complexity index is 247. The fourth-order valence-electron chi connectivity index (χ4n) is 2.38. The zero-order chi connectivity index (χ0) is 9.31. The number of allylic oxidation sites excluding steroid dienone is 4. The van der Waals surface area contributed by atoms with Gasteiger partial charge in [0.15, 0.2) is 0 Å². The van der Waals surface area contributed by atoms with Crippen LogP contribution in [0.5, 0.6) is 0 Å². The molecule has 0 unspecified atom stereocenters. The molecule has 0 aromatic rings. The molecule has 0 N–H and O–H groups in total. The van der Waals surface area contributed by atoms with E-state index in [2.05, 4.69) is 35.9 Å². The number of rotatable bonds is 2. The van der Waals surface area contributed by atoms with Gasteiger partial charge >= 0.3 is 0 Å². The standard InChI is InChI=1S/C11H19NSi/c1-13(2,11-7-3-4-8-11)12-9-5-6-10-12/h3-4,7H,5-6,8-10H2,1-2H3. The molecule has 0 aromatic heterocycles. The summed E-state index contributed by atoms with van der Waals surface area (Å²) < 4.78 is 2.76. The molecule has 0 bridgehead atoms. The Labute approximate surface area is 82.2 Å². The molecule has 0 amide bonds. The zero-order valence-electron chi connectivity index (χ0n) is 8.71. The van der Waals surface area contributed by atoms with Crippen LogP contribution >= 0.6 is 0 Å². The van der Waals surface area contributed by atoms with Gasteiger partial charge in [0.2, 0.25) is 0 Å². The molecule has 13 heavy (non-hydrogen) atoms. The average Bonchev–Trinajstić information content (AvgIpc) is 2.78. The molecule has 1 aliphatic carbocycles. The van der Waals surface area contributed by atoms with Crippen LogP contribution in [0.3, 0.4) is 0 Å². The second-order valence-electron chi connectivity index (χ2n) is 4.58. The van der Waals surface area contributed by atoms with E-state index in [-0.39, 0.29) is 0 Å². The molecule has 72 valence electrons. The van der Waals surface area contributed by atoms with E-state index in [1.165, 1.54) is 32.4 Å². The van der Waals surface area contributed by atoms with E-state index in [9.17, 15) is 0 Å². The van der Waals surface area contributed by atoms with E-state index < -0.39 is 8.24 Å². The first-order valence-electron chi connectivity index (χ1n) is 5.32. The van der Waals surface area contributed by atoms with Crippen LogP contribution < -0.4 is 0 Å². The predicted octanol–water partition coefficient (Wildman–Crippen LogP) is 2.71. The van der Waals surface area contributed by atoms with Gasteiger partial charge in [-0.3, -0.25) is 0 Å². The van der Waals surface area contributed by atoms with Gasteiger partial charge in [0.25, 0.3) is 0 Å². The minimum absolute atomic E-state index is 1.21. The third-order valence-corrected chi connectivity index (χ3v) is 7.42. The van der Waals surface area contributed by atoms with Gasteiger partial charge < -0.3 is 4.57 Å². The van der Waals surface area contributed by atoms with Crippen LogP contribution in [-0.4, -0.2) is 25.9 Å². The lowest BCUT2D eigenvalue weighted by atomic mass is 10.4. The maximum atomic E-state index is 2.76. The van der Waals surface area contributed by atoms with Gasteiger partial charge in [-0.1, -0.05) is 36.5 Å². The van der Waals surface area contributed by atoms with E-state index in [4.69, 9.17) is 0 Å². The summed E-state index contributed by atoms with van der Waals surface area (Å²) in [5, 5.41) is 1.72. The van der Waals surface area contributed by atoms with Crippen molar-refractivity contribution in [1.29, 1.82) is 0 Å². The van der Waals surface area contributed by atoms with Crippen molar-refractivity contribution < 1.29 is 0 Å². The Morgan fingerprint density at radius 2 is 1.92 bits per heavy atom. The Hall–Kier alpha value is -0.343. The second kappa shape index (κ2) is 3.43. The molecular weight excluding hydrogens is 174 g/mol. The Morgan fingerprint density at radius 3 is 2.46 bits per heavy atom. The monoisotopic (exact) mass is 193 g/mol. The molecule has 2 rings (SSSR count). The smallest absolute Gasteiger partial charge is 0.150 e. The van der Waals surface area contributed by atoms with Crippen LogP contribution in [0.15, 0.2) is 23.4 Å². The zero-order valence-corrected chi connectivity index (χ0v) is 9.71. The van der Waals surface area contributed by atoms with Gasteiger partial charge in [-0.15, -0.1) is 0 Å². The van der Waals surface area contributed by atoms with Gasteiger partial charge in [-0.05, 0) is 32.4 Å². The fourth-order valence-corrected chi connectivity index (χ4v) is 5.34. The molecule has 0 saturated carbocycles. The van der Waals surface area contributed by atoms with E-state index in [0.29, 0.717) is 0 Å².